The quantitative estimate of drug-likeness (QED) is 0.633. The van der Waals surface area contributed by atoms with Crippen LogP contribution in [0.2, 0.25) is 0 Å². The van der Waals surface area contributed by atoms with E-state index in [0.29, 0.717) is 11.4 Å². The monoisotopic (exact) mass is 141 g/mol. The van der Waals surface area contributed by atoms with Crippen molar-refractivity contribution >= 4 is 0 Å². The molecule has 0 amide bonds. The van der Waals surface area contributed by atoms with E-state index < -0.39 is 0 Å². The molecule has 1 heterocycles. The first kappa shape index (κ1) is 7.15. The highest BCUT2D eigenvalue weighted by molar-refractivity contribution is 5.10. The SMILES string of the molecule is Cc1cc(F)cc(CO)n1. The molecule has 1 aromatic heterocycles. The van der Waals surface area contributed by atoms with Crippen molar-refractivity contribution in [3.8, 4) is 0 Å². The predicted octanol–water partition coefficient (Wildman–Crippen LogP) is 1.02. The molecule has 0 radical (unpaired) electrons. The van der Waals surface area contributed by atoms with E-state index in [4.69, 9.17) is 5.11 Å². The van der Waals surface area contributed by atoms with Crippen molar-refractivity contribution in [2.75, 3.05) is 0 Å². The van der Waals surface area contributed by atoms with Crippen molar-refractivity contribution in [2.24, 2.45) is 0 Å². The maximum atomic E-state index is 12.5. The number of aromatic nitrogens is 1. The molecule has 1 aromatic rings. The molecule has 0 spiro atoms. The third-order valence-electron chi connectivity index (χ3n) is 1.13. The molecular weight excluding hydrogens is 133 g/mol. The van der Waals surface area contributed by atoms with E-state index >= 15 is 0 Å². The Morgan fingerprint density at radius 2 is 2.30 bits per heavy atom. The number of aliphatic hydroxyl groups is 1. The Morgan fingerprint density at radius 3 is 2.80 bits per heavy atom. The Labute approximate surface area is 58.3 Å². The highest BCUT2D eigenvalue weighted by Gasteiger charge is 1.96. The molecule has 0 aliphatic heterocycles. The first-order valence-electron chi connectivity index (χ1n) is 2.96. The average Bonchev–Trinajstić information content (AvgIpc) is 1.85. The van der Waals surface area contributed by atoms with Crippen molar-refractivity contribution in [3.63, 3.8) is 0 Å². The van der Waals surface area contributed by atoms with Crippen LogP contribution < -0.4 is 0 Å². The van der Waals surface area contributed by atoms with Crippen LogP contribution in [0.5, 0.6) is 0 Å². The first-order chi connectivity index (χ1) is 4.72. The minimum atomic E-state index is -0.350. The van der Waals surface area contributed by atoms with Gasteiger partial charge in [0.25, 0.3) is 0 Å². The predicted molar refractivity (Wildman–Crippen MR) is 34.9 cm³/mol. The summed E-state index contributed by atoms with van der Waals surface area (Å²) in [6.45, 7) is 1.47. The summed E-state index contributed by atoms with van der Waals surface area (Å²) in [7, 11) is 0. The zero-order valence-corrected chi connectivity index (χ0v) is 5.63. The Hall–Kier alpha value is -0.960. The van der Waals surface area contributed by atoms with E-state index in [-0.39, 0.29) is 12.4 Å². The summed E-state index contributed by atoms with van der Waals surface area (Å²) in [5.74, 6) is -0.350. The van der Waals surface area contributed by atoms with Crippen LogP contribution in [0, 0.1) is 12.7 Å². The molecule has 2 nitrogen and oxygen atoms in total. The molecule has 0 atom stereocenters. The lowest BCUT2D eigenvalue weighted by Gasteiger charge is -1.96. The van der Waals surface area contributed by atoms with Crippen molar-refractivity contribution in [1.82, 2.24) is 4.98 Å². The van der Waals surface area contributed by atoms with E-state index in [1.807, 2.05) is 0 Å². The van der Waals surface area contributed by atoms with Crippen molar-refractivity contribution < 1.29 is 9.50 Å². The van der Waals surface area contributed by atoms with Crippen LogP contribution in [-0.2, 0) is 6.61 Å². The molecule has 1 rings (SSSR count). The number of halogens is 1. The molecule has 0 aliphatic rings. The van der Waals surface area contributed by atoms with Gasteiger partial charge in [0.15, 0.2) is 0 Å². The summed E-state index contributed by atoms with van der Waals surface area (Å²) in [6, 6.07) is 2.53. The van der Waals surface area contributed by atoms with Gasteiger partial charge in [-0.1, -0.05) is 0 Å². The number of aryl methyl sites for hydroxylation is 1. The van der Waals surface area contributed by atoms with Crippen molar-refractivity contribution in [3.05, 3.63) is 29.3 Å². The number of pyridine rings is 1. The van der Waals surface area contributed by atoms with Crippen molar-refractivity contribution in [2.45, 2.75) is 13.5 Å². The van der Waals surface area contributed by atoms with Crippen LogP contribution in [0.4, 0.5) is 4.39 Å². The largest absolute Gasteiger partial charge is 0.390 e. The van der Waals surface area contributed by atoms with Gasteiger partial charge >= 0.3 is 0 Å². The number of hydrogen-bond acceptors (Lipinski definition) is 2. The normalized spacial score (nSPS) is 9.90. The lowest BCUT2D eigenvalue weighted by atomic mass is 10.3. The summed E-state index contributed by atoms with van der Waals surface area (Å²) >= 11 is 0. The Kier molecular flexibility index (Phi) is 1.97. The second kappa shape index (κ2) is 2.75. The fourth-order valence-electron chi connectivity index (χ4n) is 0.772. The molecule has 3 heteroatoms. The van der Waals surface area contributed by atoms with Crippen LogP contribution in [-0.4, -0.2) is 10.1 Å². The van der Waals surface area contributed by atoms with Gasteiger partial charge in [0.2, 0.25) is 0 Å². The fraction of sp³-hybridized carbons (Fsp3) is 0.286. The van der Waals surface area contributed by atoms with Gasteiger partial charge in [-0.3, -0.25) is 4.98 Å². The molecular formula is C7H8FNO. The average molecular weight is 141 g/mol. The molecule has 54 valence electrons. The number of aliphatic hydroxyl groups excluding tert-OH is 1. The van der Waals surface area contributed by atoms with Crippen molar-refractivity contribution in [1.29, 1.82) is 0 Å². The molecule has 1 N–H and O–H groups in total. The highest BCUT2D eigenvalue weighted by Crippen LogP contribution is 2.02. The van der Waals surface area contributed by atoms with Crippen LogP contribution in [0.3, 0.4) is 0 Å². The number of rotatable bonds is 1. The van der Waals surface area contributed by atoms with Crippen LogP contribution in [0.1, 0.15) is 11.4 Å². The minimum Gasteiger partial charge on any atom is -0.390 e. The van der Waals surface area contributed by atoms with Gasteiger partial charge in [0.1, 0.15) is 5.82 Å². The zero-order chi connectivity index (χ0) is 7.56. The second-order valence-electron chi connectivity index (χ2n) is 2.08. The lowest BCUT2D eigenvalue weighted by molar-refractivity contribution is 0.276. The summed E-state index contributed by atoms with van der Waals surface area (Å²) < 4.78 is 12.5. The third-order valence-corrected chi connectivity index (χ3v) is 1.13. The van der Waals surface area contributed by atoms with E-state index in [1.165, 1.54) is 12.1 Å². The third kappa shape index (κ3) is 1.51. The van der Waals surface area contributed by atoms with E-state index in [1.54, 1.807) is 6.92 Å². The molecule has 0 saturated carbocycles. The number of nitrogens with zero attached hydrogens (tertiary/aromatic N) is 1. The minimum absolute atomic E-state index is 0.210. The molecule has 0 bridgehead atoms. The highest BCUT2D eigenvalue weighted by atomic mass is 19.1. The van der Waals surface area contributed by atoms with Gasteiger partial charge in [-0.25, -0.2) is 4.39 Å². The van der Waals surface area contributed by atoms with Gasteiger partial charge < -0.3 is 5.11 Å². The van der Waals surface area contributed by atoms with Crippen LogP contribution in [0.25, 0.3) is 0 Å². The van der Waals surface area contributed by atoms with Crippen LogP contribution in [0.15, 0.2) is 12.1 Å². The van der Waals surface area contributed by atoms with Gasteiger partial charge in [-0.2, -0.15) is 0 Å². The maximum Gasteiger partial charge on any atom is 0.126 e. The zero-order valence-electron chi connectivity index (χ0n) is 5.63. The van der Waals surface area contributed by atoms with Gasteiger partial charge in [0, 0.05) is 5.69 Å². The molecule has 0 aromatic carbocycles. The summed E-state index contributed by atoms with van der Waals surface area (Å²) in [5, 5.41) is 8.56. The summed E-state index contributed by atoms with van der Waals surface area (Å²) in [6.07, 6.45) is 0. The topological polar surface area (TPSA) is 33.1 Å². The Balaban J connectivity index is 3.06. The number of hydrogen-bond donors (Lipinski definition) is 1. The summed E-state index contributed by atoms with van der Waals surface area (Å²) in [4.78, 5) is 3.86. The standard InChI is InChI=1S/C7H8FNO/c1-5-2-6(8)3-7(4-10)9-5/h2-3,10H,4H2,1H3. The summed E-state index contributed by atoms with van der Waals surface area (Å²) in [5.41, 5.74) is 0.960. The van der Waals surface area contributed by atoms with E-state index in [0.717, 1.165) is 0 Å². The molecule has 0 saturated heterocycles. The van der Waals surface area contributed by atoms with Gasteiger partial charge in [0.05, 0.1) is 12.3 Å². The lowest BCUT2D eigenvalue weighted by Crippen LogP contribution is -1.92. The second-order valence-corrected chi connectivity index (χ2v) is 2.08. The Bertz CT molecular complexity index is 217. The molecule has 0 unspecified atom stereocenters. The molecule has 0 fully saturated rings. The van der Waals surface area contributed by atoms with Crippen LogP contribution >= 0.6 is 0 Å². The first-order valence-corrected chi connectivity index (χ1v) is 2.96. The van der Waals surface area contributed by atoms with Gasteiger partial charge in [-0.15, -0.1) is 0 Å². The molecule has 0 aliphatic carbocycles. The van der Waals surface area contributed by atoms with E-state index in [2.05, 4.69) is 4.98 Å². The van der Waals surface area contributed by atoms with Gasteiger partial charge in [-0.05, 0) is 19.1 Å². The van der Waals surface area contributed by atoms with E-state index in [9.17, 15) is 4.39 Å². The smallest absolute Gasteiger partial charge is 0.126 e. The fourth-order valence-corrected chi connectivity index (χ4v) is 0.772. The molecule has 10 heavy (non-hydrogen) atoms. The Morgan fingerprint density at radius 1 is 1.60 bits per heavy atom. The maximum absolute atomic E-state index is 12.5.